The van der Waals surface area contributed by atoms with Crippen LogP contribution in [0.15, 0.2) is 24.3 Å². The number of amides is 1. The van der Waals surface area contributed by atoms with E-state index in [1.54, 1.807) is 12.1 Å². The van der Waals surface area contributed by atoms with Gasteiger partial charge in [-0.15, -0.1) is 0 Å². The molecule has 2 atom stereocenters. The molecule has 1 unspecified atom stereocenters. The van der Waals surface area contributed by atoms with E-state index in [2.05, 4.69) is 0 Å². The van der Waals surface area contributed by atoms with Gasteiger partial charge in [-0.1, -0.05) is 32.0 Å². The topological polar surface area (TPSA) is 83.6 Å². The highest BCUT2D eigenvalue weighted by Gasteiger charge is 2.40. The van der Waals surface area contributed by atoms with Crippen LogP contribution in [0, 0.1) is 5.92 Å². The van der Waals surface area contributed by atoms with Crippen LogP contribution in [0.4, 0.5) is 5.69 Å². The van der Waals surface area contributed by atoms with Crippen molar-refractivity contribution in [3.63, 3.8) is 0 Å². The Hall–Kier alpha value is -1.88. The van der Waals surface area contributed by atoms with E-state index >= 15 is 0 Å². The molecule has 1 aliphatic heterocycles. The van der Waals surface area contributed by atoms with Gasteiger partial charge in [0.05, 0.1) is 6.04 Å². The van der Waals surface area contributed by atoms with E-state index in [9.17, 15) is 14.7 Å². The van der Waals surface area contributed by atoms with Crippen LogP contribution in [0.2, 0.25) is 0 Å². The number of carbonyl (C=O) groups excluding carboxylic acids is 1. The molecule has 0 aromatic heterocycles. The Balaban J connectivity index is 2.39. The number of carbonyl (C=O) groups is 2. The highest BCUT2D eigenvalue weighted by atomic mass is 16.4. The maximum atomic E-state index is 12.4. The maximum Gasteiger partial charge on any atom is 0.327 e. The average Bonchev–Trinajstić information content (AvgIpc) is 2.76. The summed E-state index contributed by atoms with van der Waals surface area (Å²) in [5.41, 5.74) is 7.41. The lowest BCUT2D eigenvalue weighted by Crippen LogP contribution is -2.51. The van der Waals surface area contributed by atoms with Gasteiger partial charge in [0, 0.05) is 12.1 Å². The van der Waals surface area contributed by atoms with Crippen LogP contribution in [0.1, 0.15) is 19.4 Å². The smallest absolute Gasteiger partial charge is 0.327 e. The van der Waals surface area contributed by atoms with Gasteiger partial charge in [0.25, 0.3) is 0 Å². The molecule has 0 saturated heterocycles. The van der Waals surface area contributed by atoms with Crippen molar-refractivity contribution in [1.82, 2.24) is 0 Å². The summed E-state index contributed by atoms with van der Waals surface area (Å²) < 4.78 is 0. The van der Waals surface area contributed by atoms with Crippen molar-refractivity contribution < 1.29 is 14.7 Å². The highest BCUT2D eigenvalue weighted by Crippen LogP contribution is 2.32. The van der Waals surface area contributed by atoms with E-state index < -0.39 is 18.1 Å². The van der Waals surface area contributed by atoms with Crippen molar-refractivity contribution in [2.45, 2.75) is 32.4 Å². The van der Waals surface area contributed by atoms with Gasteiger partial charge in [0.1, 0.15) is 6.04 Å². The minimum absolute atomic E-state index is 0.0327. The second kappa shape index (κ2) is 5.01. The molecular weight excluding hydrogens is 244 g/mol. The number of nitrogens with two attached hydrogens (primary N) is 1. The average molecular weight is 262 g/mol. The van der Waals surface area contributed by atoms with Crippen molar-refractivity contribution >= 4 is 17.6 Å². The van der Waals surface area contributed by atoms with Crippen molar-refractivity contribution in [3.05, 3.63) is 29.8 Å². The monoisotopic (exact) mass is 262 g/mol. The van der Waals surface area contributed by atoms with Crippen LogP contribution >= 0.6 is 0 Å². The van der Waals surface area contributed by atoms with Gasteiger partial charge in [-0.25, -0.2) is 4.79 Å². The maximum absolute atomic E-state index is 12.4. The van der Waals surface area contributed by atoms with Crippen molar-refractivity contribution in [1.29, 1.82) is 0 Å². The fourth-order valence-electron chi connectivity index (χ4n) is 2.30. The molecule has 3 N–H and O–H groups in total. The van der Waals surface area contributed by atoms with Gasteiger partial charge < -0.3 is 10.8 Å². The zero-order valence-electron chi connectivity index (χ0n) is 11.0. The molecule has 2 rings (SSSR count). The Morgan fingerprint density at radius 2 is 2.00 bits per heavy atom. The number of hydrogen-bond donors (Lipinski definition) is 2. The molecule has 1 heterocycles. The molecule has 0 aliphatic carbocycles. The number of para-hydroxylation sites is 1. The molecule has 5 heteroatoms. The molecule has 5 nitrogen and oxygen atoms in total. The normalized spacial score (nSPS) is 19.4. The summed E-state index contributed by atoms with van der Waals surface area (Å²) in [6, 6.07) is 5.71. The Bertz CT molecular complexity index is 513. The summed E-state index contributed by atoms with van der Waals surface area (Å²) in [7, 11) is 0. The van der Waals surface area contributed by atoms with E-state index in [-0.39, 0.29) is 11.8 Å². The molecule has 1 aliphatic rings. The number of carboxylic acids is 1. The molecule has 0 fully saturated rings. The number of benzene rings is 1. The SMILES string of the molecule is CC(C)[C@H](N)C(=O)N1c2ccccc2CC1C(=O)O. The lowest BCUT2D eigenvalue weighted by molar-refractivity contribution is -0.140. The molecule has 0 spiro atoms. The zero-order valence-corrected chi connectivity index (χ0v) is 11.0. The fourth-order valence-corrected chi connectivity index (χ4v) is 2.30. The zero-order chi connectivity index (χ0) is 14.2. The molecule has 0 bridgehead atoms. The second-order valence-electron chi connectivity index (χ2n) is 5.16. The van der Waals surface area contributed by atoms with E-state index in [1.165, 1.54) is 4.90 Å². The van der Waals surface area contributed by atoms with Gasteiger partial charge in [0.15, 0.2) is 0 Å². The number of anilines is 1. The molecule has 19 heavy (non-hydrogen) atoms. The summed E-state index contributed by atoms with van der Waals surface area (Å²) in [4.78, 5) is 25.1. The number of hydrogen-bond acceptors (Lipinski definition) is 3. The highest BCUT2D eigenvalue weighted by molar-refractivity contribution is 6.04. The number of nitrogens with zero attached hydrogens (tertiary/aromatic N) is 1. The molecule has 1 amide bonds. The third-order valence-electron chi connectivity index (χ3n) is 3.50. The lowest BCUT2D eigenvalue weighted by Gasteiger charge is -2.27. The minimum Gasteiger partial charge on any atom is -0.480 e. The van der Waals surface area contributed by atoms with Crippen molar-refractivity contribution in [2.24, 2.45) is 11.7 Å². The van der Waals surface area contributed by atoms with Crippen molar-refractivity contribution in [3.8, 4) is 0 Å². The number of aliphatic carboxylic acids is 1. The van der Waals surface area contributed by atoms with E-state index in [0.29, 0.717) is 12.1 Å². The van der Waals surface area contributed by atoms with Crippen LogP contribution in [0.3, 0.4) is 0 Å². The summed E-state index contributed by atoms with van der Waals surface area (Å²) in [6.45, 7) is 3.70. The fraction of sp³-hybridized carbons (Fsp3) is 0.429. The van der Waals surface area contributed by atoms with E-state index in [1.807, 2.05) is 26.0 Å². The summed E-state index contributed by atoms with van der Waals surface area (Å²) in [5.74, 6) is -1.36. The largest absolute Gasteiger partial charge is 0.480 e. The number of carboxylic acid groups (broad SMARTS) is 1. The first-order chi connectivity index (χ1) is 8.93. The Labute approximate surface area is 112 Å². The number of rotatable bonds is 3. The van der Waals surface area contributed by atoms with Crippen LogP contribution in [0.25, 0.3) is 0 Å². The molecule has 1 aromatic rings. The van der Waals surface area contributed by atoms with Gasteiger partial charge in [-0.3, -0.25) is 9.69 Å². The first-order valence-corrected chi connectivity index (χ1v) is 6.33. The lowest BCUT2D eigenvalue weighted by atomic mass is 10.0. The molecular formula is C14H18N2O3. The third kappa shape index (κ3) is 2.33. The summed E-state index contributed by atoms with van der Waals surface area (Å²) >= 11 is 0. The Morgan fingerprint density at radius 1 is 1.37 bits per heavy atom. The first kappa shape index (κ1) is 13.5. The van der Waals surface area contributed by atoms with Gasteiger partial charge >= 0.3 is 5.97 Å². The van der Waals surface area contributed by atoms with Crippen LogP contribution in [0.5, 0.6) is 0 Å². The predicted octanol–water partition coefficient (Wildman–Crippen LogP) is 1.01. The quantitative estimate of drug-likeness (QED) is 0.851. The minimum atomic E-state index is -1.000. The standard InChI is InChI=1S/C14H18N2O3/c1-8(2)12(15)13(17)16-10-6-4-3-5-9(10)7-11(16)14(18)19/h3-6,8,11-12H,7,15H2,1-2H3,(H,18,19)/t11?,12-/m0/s1. The van der Waals surface area contributed by atoms with Crippen LogP contribution in [-0.2, 0) is 16.0 Å². The Kier molecular flexibility index (Phi) is 3.57. The third-order valence-corrected chi connectivity index (χ3v) is 3.50. The summed E-state index contributed by atoms with van der Waals surface area (Å²) in [6.07, 6.45) is 0.335. The van der Waals surface area contributed by atoms with Crippen LogP contribution in [-0.4, -0.2) is 29.1 Å². The molecule has 0 radical (unpaired) electrons. The first-order valence-electron chi connectivity index (χ1n) is 6.33. The molecule has 1 aromatic carbocycles. The second-order valence-corrected chi connectivity index (χ2v) is 5.16. The van der Waals surface area contributed by atoms with E-state index in [4.69, 9.17) is 5.73 Å². The van der Waals surface area contributed by atoms with Crippen LogP contribution < -0.4 is 10.6 Å². The molecule has 0 saturated carbocycles. The summed E-state index contributed by atoms with van der Waals surface area (Å²) in [5, 5.41) is 9.29. The van der Waals surface area contributed by atoms with Crippen molar-refractivity contribution in [2.75, 3.05) is 4.90 Å². The Morgan fingerprint density at radius 3 is 2.58 bits per heavy atom. The van der Waals surface area contributed by atoms with Gasteiger partial charge in [-0.05, 0) is 17.5 Å². The predicted molar refractivity (Wildman–Crippen MR) is 71.9 cm³/mol. The molecule has 102 valence electrons. The number of fused-ring (bicyclic) bond motifs is 1. The van der Waals surface area contributed by atoms with E-state index in [0.717, 1.165) is 5.56 Å². The van der Waals surface area contributed by atoms with Gasteiger partial charge in [0.2, 0.25) is 5.91 Å². The van der Waals surface area contributed by atoms with Gasteiger partial charge in [-0.2, -0.15) is 0 Å².